The summed E-state index contributed by atoms with van der Waals surface area (Å²) in [6.45, 7) is 6.36. The van der Waals surface area contributed by atoms with E-state index in [1.807, 2.05) is 37.2 Å². The van der Waals surface area contributed by atoms with Crippen molar-refractivity contribution in [2.45, 2.75) is 39.4 Å². The summed E-state index contributed by atoms with van der Waals surface area (Å²) in [7, 11) is 3.81. The number of fused-ring (bicyclic) bond motifs is 1. The number of aryl methyl sites for hydroxylation is 1. The quantitative estimate of drug-likeness (QED) is 0.291. The lowest BCUT2D eigenvalue weighted by Gasteiger charge is -2.19. The zero-order valence-corrected chi connectivity index (χ0v) is 21.6. The van der Waals surface area contributed by atoms with E-state index >= 15 is 0 Å². The van der Waals surface area contributed by atoms with Crippen molar-refractivity contribution < 1.29 is 22.7 Å². The van der Waals surface area contributed by atoms with Crippen LogP contribution in [0.25, 0.3) is 16.8 Å². The standard InChI is InChI=1S/C21H23F3N4O2.C7H8/c1-5-30-20(29)13(2)18-15(12-27(3)4)10-25-19-17(11-26-28(18)19)14-6-8-16(9-7-14)21(22,23)24;1-7-5-3-2-4-6-7/h6-11,13H,5,12H2,1-4H3;2-6H,1H3. The summed E-state index contributed by atoms with van der Waals surface area (Å²) in [4.78, 5) is 18.9. The fourth-order valence-corrected chi connectivity index (χ4v) is 3.86. The lowest BCUT2D eigenvalue weighted by atomic mass is 10.0. The van der Waals surface area contributed by atoms with Crippen LogP contribution in [0.1, 0.15) is 42.1 Å². The minimum absolute atomic E-state index is 0.260. The monoisotopic (exact) mass is 512 g/mol. The summed E-state index contributed by atoms with van der Waals surface area (Å²) in [5.41, 5.74) is 3.66. The number of carbonyl (C=O) groups excluding carboxylic acids is 1. The Hall–Kier alpha value is -3.72. The molecule has 0 aliphatic heterocycles. The molecule has 0 aliphatic carbocycles. The molecule has 0 spiro atoms. The van der Waals surface area contributed by atoms with Crippen LogP contribution in [-0.4, -0.2) is 46.2 Å². The Morgan fingerprint density at radius 3 is 2.22 bits per heavy atom. The van der Waals surface area contributed by atoms with E-state index in [4.69, 9.17) is 4.74 Å². The minimum atomic E-state index is -4.40. The first-order valence-corrected chi connectivity index (χ1v) is 11.9. The molecule has 37 heavy (non-hydrogen) atoms. The van der Waals surface area contributed by atoms with Gasteiger partial charge in [-0.2, -0.15) is 18.3 Å². The van der Waals surface area contributed by atoms with Gasteiger partial charge >= 0.3 is 12.1 Å². The smallest absolute Gasteiger partial charge is 0.416 e. The van der Waals surface area contributed by atoms with Crippen molar-refractivity contribution >= 4 is 11.6 Å². The van der Waals surface area contributed by atoms with Gasteiger partial charge in [-0.05, 0) is 52.6 Å². The molecule has 0 radical (unpaired) electrons. The Labute approximate surface area is 214 Å². The van der Waals surface area contributed by atoms with E-state index in [2.05, 4.69) is 29.1 Å². The third kappa shape index (κ3) is 6.95. The number of ether oxygens (including phenoxy) is 1. The first-order valence-electron chi connectivity index (χ1n) is 11.9. The number of hydrogen-bond donors (Lipinski definition) is 0. The average Bonchev–Trinajstić information content (AvgIpc) is 3.28. The highest BCUT2D eigenvalue weighted by Crippen LogP contribution is 2.33. The van der Waals surface area contributed by atoms with Crippen molar-refractivity contribution in [3.8, 4) is 11.1 Å². The topological polar surface area (TPSA) is 59.7 Å². The number of halogens is 3. The van der Waals surface area contributed by atoms with Crippen molar-refractivity contribution in [1.29, 1.82) is 0 Å². The molecule has 2 aromatic heterocycles. The van der Waals surface area contributed by atoms with Crippen LogP contribution < -0.4 is 0 Å². The zero-order chi connectivity index (χ0) is 27.2. The second-order valence-electron chi connectivity index (χ2n) is 8.90. The van der Waals surface area contributed by atoms with Crippen LogP contribution in [0.2, 0.25) is 0 Å². The van der Waals surface area contributed by atoms with Crippen LogP contribution in [0.5, 0.6) is 0 Å². The van der Waals surface area contributed by atoms with Crippen molar-refractivity contribution in [2.24, 2.45) is 0 Å². The number of rotatable bonds is 6. The molecule has 4 rings (SSSR count). The third-order valence-corrected chi connectivity index (χ3v) is 5.64. The molecule has 0 aliphatic rings. The van der Waals surface area contributed by atoms with Crippen LogP contribution >= 0.6 is 0 Å². The van der Waals surface area contributed by atoms with Gasteiger partial charge in [0.2, 0.25) is 0 Å². The van der Waals surface area contributed by atoms with E-state index in [9.17, 15) is 18.0 Å². The van der Waals surface area contributed by atoms with Crippen molar-refractivity contribution in [3.63, 3.8) is 0 Å². The Kier molecular flexibility index (Phi) is 9.04. The largest absolute Gasteiger partial charge is 0.465 e. The molecule has 0 bridgehead atoms. The number of aromatic nitrogens is 3. The summed E-state index contributed by atoms with van der Waals surface area (Å²) in [5.74, 6) is -0.970. The summed E-state index contributed by atoms with van der Waals surface area (Å²) in [6, 6.07) is 15.1. The van der Waals surface area contributed by atoms with Crippen molar-refractivity contribution in [1.82, 2.24) is 19.5 Å². The van der Waals surface area contributed by atoms with Gasteiger partial charge in [-0.3, -0.25) is 4.79 Å². The van der Waals surface area contributed by atoms with Gasteiger partial charge in [0, 0.05) is 23.9 Å². The van der Waals surface area contributed by atoms with Gasteiger partial charge in [0.05, 0.1) is 30.0 Å². The summed E-state index contributed by atoms with van der Waals surface area (Å²) < 4.78 is 45.4. The van der Waals surface area contributed by atoms with Crippen LogP contribution in [0, 0.1) is 6.92 Å². The highest BCUT2D eigenvalue weighted by atomic mass is 19.4. The second-order valence-corrected chi connectivity index (χ2v) is 8.90. The lowest BCUT2D eigenvalue weighted by molar-refractivity contribution is -0.144. The molecule has 4 aromatic rings. The number of nitrogens with zero attached hydrogens (tertiary/aromatic N) is 4. The molecule has 9 heteroatoms. The zero-order valence-electron chi connectivity index (χ0n) is 21.6. The molecule has 0 amide bonds. The van der Waals surface area contributed by atoms with Gasteiger partial charge in [-0.25, -0.2) is 9.50 Å². The first kappa shape index (κ1) is 27.9. The maximum absolute atomic E-state index is 12.9. The molecule has 6 nitrogen and oxygen atoms in total. The highest BCUT2D eigenvalue weighted by Gasteiger charge is 2.30. The normalized spacial score (nSPS) is 12.2. The first-order chi connectivity index (χ1) is 17.5. The van der Waals surface area contributed by atoms with Gasteiger partial charge in [-0.15, -0.1) is 0 Å². The predicted octanol–water partition coefficient (Wildman–Crippen LogP) is 6.14. The third-order valence-electron chi connectivity index (χ3n) is 5.64. The maximum Gasteiger partial charge on any atom is 0.416 e. The predicted molar refractivity (Wildman–Crippen MR) is 137 cm³/mol. The summed E-state index contributed by atoms with van der Waals surface area (Å²) in [6.07, 6.45) is -1.18. The highest BCUT2D eigenvalue weighted by molar-refractivity contribution is 5.80. The van der Waals surface area contributed by atoms with E-state index in [-0.39, 0.29) is 12.6 Å². The number of benzene rings is 2. The van der Waals surface area contributed by atoms with E-state index in [1.165, 1.54) is 17.7 Å². The van der Waals surface area contributed by atoms with E-state index < -0.39 is 17.7 Å². The maximum atomic E-state index is 12.9. The minimum Gasteiger partial charge on any atom is -0.465 e. The molecule has 0 fully saturated rings. The summed E-state index contributed by atoms with van der Waals surface area (Å²) >= 11 is 0. The molecule has 196 valence electrons. The van der Waals surface area contributed by atoms with Gasteiger partial charge in [0.25, 0.3) is 0 Å². The number of esters is 1. The van der Waals surface area contributed by atoms with Gasteiger partial charge in [0.1, 0.15) is 0 Å². The fraction of sp³-hybridized carbons (Fsp3) is 0.321. The SMILES string of the molecule is CCOC(=O)C(C)c1c(CN(C)C)cnc2c(-c3ccc(C(F)(F)F)cc3)cnn12.Cc1ccccc1. The molecule has 0 saturated heterocycles. The van der Waals surface area contributed by atoms with E-state index in [1.54, 1.807) is 30.8 Å². The van der Waals surface area contributed by atoms with Gasteiger partial charge < -0.3 is 9.64 Å². The molecule has 0 N–H and O–H groups in total. The number of alkyl halides is 3. The van der Waals surface area contributed by atoms with Crippen LogP contribution in [0.3, 0.4) is 0 Å². The Morgan fingerprint density at radius 2 is 1.70 bits per heavy atom. The Balaban J connectivity index is 0.000000468. The number of hydrogen-bond acceptors (Lipinski definition) is 5. The Morgan fingerprint density at radius 1 is 1.05 bits per heavy atom. The molecule has 2 heterocycles. The van der Waals surface area contributed by atoms with Gasteiger partial charge in [-0.1, -0.05) is 48.0 Å². The molecule has 1 unspecified atom stereocenters. The van der Waals surface area contributed by atoms with Crippen molar-refractivity contribution in [2.75, 3.05) is 20.7 Å². The van der Waals surface area contributed by atoms with E-state index in [0.717, 1.165) is 17.7 Å². The van der Waals surface area contributed by atoms with Crippen LogP contribution in [-0.2, 0) is 22.3 Å². The Bertz CT molecular complexity index is 1320. The van der Waals surface area contributed by atoms with Crippen LogP contribution in [0.4, 0.5) is 13.2 Å². The number of carbonyl (C=O) groups is 1. The fourth-order valence-electron chi connectivity index (χ4n) is 3.86. The molecular weight excluding hydrogens is 481 g/mol. The van der Waals surface area contributed by atoms with E-state index in [0.29, 0.717) is 29.0 Å². The average molecular weight is 513 g/mol. The second kappa shape index (κ2) is 12.0. The molecule has 1 atom stereocenters. The molecule has 0 saturated carbocycles. The molecular formula is C28H31F3N4O2. The summed E-state index contributed by atoms with van der Waals surface area (Å²) in [5, 5.41) is 4.40. The van der Waals surface area contributed by atoms with Gasteiger partial charge in [0.15, 0.2) is 5.65 Å². The van der Waals surface area contributed by atoms with Crippen LogP contribution in [0.15, 0.2) is 67.0 Å². The van der Waals surface area contributed by atoms with Crippen molar-refractivity contribution in [3.05, 3.63) is 89.4 Å². The lowest BCUT2D eigenvalue weighted by Crippen LogP contribution is -2.21. The molecule has 2 aromatic carbocycles.